The van der Waals surface area contributed by atoms with E-state index in [2.05, 4.69) is 16.5 Å². The van der Waals surface area contributed by atoms with E-state index in [1.54, 1.807) is 6.07 Å². The number of hydrogen-bond acceptors (Lipinski definition) is 2. The number of rotatable bonds is 3. The first-order chi connectivity index (χ1) is 10.1. The molecular formula is C15H17Cl2FN2O. The van der Waals surface area contributed by atoms with Gasteiger partial charge in [-0.25, -0.2) is 9.37 Å². The molecule has 0 radical (unpaired) electrons. The van der Waals surface area contributed by atoms with E-state index in [1.807, 2.05) is 0 Å². The van der Waals surface area contributed by atoms with Crippen LogP contribution in [0.4, 0.5) is 4.39 Å². The number of halogens is 3. The first-order valence-electron chi connectivity index (χ1n) is 7.13. The van der Waals surface area contributed by atoms with Crippen molar-refractivity contribution in [2.75, 3.05) is 12.5 Å². The van der Waals surface area contributed by atoms with Crippen LogP contribution in [0.25, 0.3) is 11.0 Å². The number of alkyl halides is 1. The summed E-state index contributed by atoms with van der Waals surface area (Å²) in [6, 6.07) is 3.32. The first kappa shape index (κ1) is 15.1. The van der Waals surface area contributed by atoms with Crippen LogP contribution >= 0.6 is 23.2 Å². The fourth-order valence-corrected chi connectivity index (χ4v) is 3.34. The maximum atomic E-state index is 13.8. The molecule has 1 fully saturated rings. The molecule has 2 heterocycles. The van der Waals surface area contributed by atoms with Crippen LogP contribution in [0.2, 0.25) is 5.02 Å². The molecule has 1 aromatic carbocycles. The molecule has 0 N–H and O–H groups in total. The van der Waals surface area contributed by atoms with Crippen molar-refractivity contribution in [1.82, 2.24) is 9.55 Å². The molecule has 3 nitrogen and oxygen atoms in total. The Balaban J connectivity index is 2.12. The number of imidazole rings is 1. The molecule has 6 heteroatoms. The minimum absolute atomic E-state index is 0.102. The molecule has 0 amide bonds. The zero-order chi connectivity index (χ0) is 15.0. The van der Waals surface area contributed by atoms with Crippen molar-refractivity contribution in [2.45, 2.75) is 38.3 Å². The summed E-state index contributed by atoms with van der Waals surface area (Å²) >= 11 is 11.8. The van der Waals surface area contributed by atoms with Gasteiger partial charge >= 0.3 is 0 Å². The zero-order valence-electron chi connectivity index (χ0n) is 11.8. The van der Waals surface area contributed by atoms with Crippen LogP contribution in [-0.4, -0.2) is 28.1 Å². The molecule has 2 atom stereocenters. The van der Waals surface area contributed by atoms with E-state index in [4.69, 9.17) is 27.9 Å². The summed E-state index contributed by atoms with van der Waals surface area (Å²) in [4.78, 5) is 4.59. The summed E-state index contributed by atoms with van der Waals surface area (Å²) in [7, 11) is 0. The van der Waals surface area contributed by atoms with Crippen molar-refractivity contribution in [3.05, 3.63) is 28.8 Å². The third-order valence-electron chi connectivity index (χ3n) is 3.95. The van der Waals surface area contributed by atoms with Crippen molar-refractivity contribution in [3.8, 4) is 0 Å². The minimum atomic E-state index is -0.414. The van der Waals surface area contributed by atoms with Crippen LogP contribution in [0.3, 0.4) is 0 Å². The van der Waals surface area contributed by atoms with Gasteiger partial charge in [0.25, 0.3) is 0 Å². The summed E-state index contributed by atoms with van der Waals surface area (Å²) in [5.41, 5.74) is 1.51. The highest BCUT2D eigenvalue weighted by Crippen LogP contribution is 2.32. The van der Waals surface area contributed by atoms with Gasteiger partial charge in [0.05, 0.1) is 22.2 Å². The minimum Gasteiger partial charge on any atom is -0.378 e. The van der Waals surface area contributed by atoms with Gasteiger partial charge in [-0.15, -0.1) is 11.6 Å². The van der Waals surface area contributed by atoms with Crippen molar-refractivity contribution in [1.29, 1.82) is 0 Å². The van der Waals surface area contributed by atoms with Crippen LogP contribution in [0.5, 0.6) is 0 Å². The van der Waals surface area contributed by atoms with E-state index in [9.17, 15) is 4.39 Å². The first-order valence-corrected chi connectivity index (χ1v) is 8.05. The number of nitrogens with zero attached hydrogens (tertiary/aromatic N) is 2. The number of hydrogen-bond donors (Lipinski definition) is 0. The lowest BCUT2D eigenvalue weighted by Crippen LogP contribution is -2.26. The molecule has 2 aromatic rings. The highest BCUT2D eigenvalue weighted by Gasteiger charge is 2.25. The Bertz CT molecular complexity index is 659. The molecule has 0 aliphatic carbocycles. The highest BCUT2D eigenvalue weighted by molar-refractivity contribution is 6.31. The monoisotopic (exact) mass is 330 g/mol. The van der Waals surface area contributed by atoms with E-state index in [0.717, 1.165) is 29.7 Å². The van der Waals surface area contributed by atoms with Crippen molar-refractivity contribution in [3.63, 3.8) is 0 Å². The third-order valence-corrected chi connectivity index (χ3v) is 4.42. The normalized spacial score (nSPS) is 22.9. The molecule has 114 valence electrons. The molecule has 0 saturated carbocycles. The Kier molecular flexibility index (Phi) is 4.38. The fraction of sp³-hybridized carbons (Fsp3) is 0.533. The van der Waals surface area contributed by atoms with E-state index in [0.29, 0.717) is 18.9 Å². The van der Waals surface area contributed by atoms with Crippen LogP contribution in [-0.2, 0) is 11.2 Å². The second kappa shape index (κ2) is 6.11. The SMILES string of the molecule is CC1CC(n2c(CCCl)nc3cc(Cl)c(F)cc32)CCO1. The second-order valence-electron chi connectivity index (χ2n) is 5.45. The standard InChI is InChI=1S/C15H17Cl2FN2O/c1-9-6-10(3-5-21-9)20-14-8-12(18)11(17)7-13(14)19-15(20)2-4-16/h7-10H,2-6H2,1H3. The molecular weight excluding hydrogens is 314 g/mol. The Hall–Kier alpha value is -0.840. The van der Waals surface area contributed by atoms with Gasteiger partial charge in [-0.3, -0.25) is 0 Å². The number of aromatic nitrogens is 2. The Morgan fingerprint density at radius 1 is 1.48 bits per heavy atom. The second-order valence-corrected chi connectivity index (χ2v) is 6.24. The molecule has 21 heavy (non-hydrogen) atoms. The lowest BCUT2D eigenvalue weighted by molar-refractivity contribution is 0.00625. The molecule has 1 aliphatic rings. The Morgan fingerprint density at radius 3 is 3.00 bits per heavy atom. The van der Waals surface area contributed by atoms with Gasteiger partial charge < -0.3 is 9.30 Å². The van der Waals surface area contributed by atoms with Gasteiger partial charge in [-0.2, -0.15) is 0 Å². The molecule has 0 spiro atoms. The predicted octanol–water partition coefficient (Wildman–Crippen LogP) is 4.35. The summed E-state index contributed by atoms with van der Waals surface area (Å²) < 4.78 is 21.6. The van der Waals surface area contributed by atoms with Gasteiger partial charge in [0.15, 0.2) is 0 Å². The summed E-state index contributed by atoms with van der Waals surface area (Å²) in [5, 5.41) is 0.102. The highest BCUT2D eigenvalue weighted by atomic mass is 35.5. The van der Waals surface area contributed by atoms with E-state index >= 15 is 0 Å². The van der Waals surface area contributed by atoms with E-state index in [1.165, 1.54) is 6.07 Å². The van der Waals surface area contributed by atoms with Crippen LogP contribution in [0.15, 0.2) is 12.1 Å². The quantitative estimate of drug-likeness (QED) is 0.782. The molecule has 0 bridgehead atoms. The molecule has 1 aromatic heterocycles. The summed E-state index contributed by atoms with van der Waals surface area (Å²) in [6.45, 7) is 2.77. The largest absolute Gasteiger partial charge is 0.378 e. The van der Waals surface area contributed by atoms with Gasteiger partial charge in [-0.1, -0.05) is 11.6 Å². The number of benzene rings is 1. The average molecular weight is 331 g/mol. The van der Waals surface area contributed by atoms with Gasteiger partial charge in [0, 0.05) is 31.0 Å². The molecule has 3 rings (SSSR count). The number of ether oxygens (including phenoxy) is 1. The summed E-state index contributed by atoms with van der Waals surface area (Å²) in [5.74, 6) is 0.960. The lowest BCUT2D eigenvalue weighted by atomic mass is 10.0. The van der Waals surface area contributed by atoms with Crippen molar-refractivity contribution in [2.24, 2.45) is 0 Å². The van der Waals surface area contributed by atoms with Gasteiger partial charge in [0.1, 0.15) is 11.6 Å². The number of aryl methyl sites for hydroxylation is 1. The lowest BCUT2D eigenvalue weighted by Gasteiger charge is -2.30. The van der Waals surface area contributed by atoms with Crippen LogP contribution in [0, 0.1) is 5.82 Å². The summed E-state index contributed by atoms with van der Waals surface area (Å²) in [6.07, 6.45) is 2.64. The number of fused-ring (bicyclic) bond motifs is 1. The maximum absolute atomic E-state index is 13.8. The average Bonchev–Trinajstić information content (AvgIpc) is 2.77. The van der Waals surface area contributed by atoms with Gasteiger partial charge in [-0.05, 0) is 25.8 Å². The maximum Gasteiger partial charge on any atom is 0.144 e. The van der Waals surface area contributed by atoms with Crippen molar-refractivity contribution >= 4 is 34.2 Å². The van der Waals surface area contributed by atoms with E-state index < -0.39 is 5.82 Å². The smallest absolute Gasteiger partial charge is 0.144 e. The van der Waals surface area contributed by atoms with Gasteiger partial charge in [0.2, 0.25) is 0 Å². The zero-order valence-corrected chi connectivity index (χ0v) is 13.3. The Morgan fingerprint density at radius 2 is 2.29 bits per heavy atom. The molecule has 1 aliphatic heterocycles. The topological polar surface area (TPSA) is 27.1 Å². The van der Waals surface area contributed by atoms with E-state index in [-0.39, 0.29) is 17.2 Å². The fourth-order valence-electron chi connectivity index (χ4n) is 3.02. The van der Waals surface area contributed by atoms with Crippen LogP contribution < -0.4 is 0 Å². The third kappa shape index (κ3) is 2.89. The predicted molar refractivity (Wildman–Crippen MR) is 82.8 cm³/mol. The Labute approximate surface area is 133 Å². The van der Waals surface area contributed by atoms with Crippen LogP contribution in [0.1, 0.15) is 31.6 Å². The molecule has 2 unspecified atom stereocenters. The molecule has 1 saturated heterocycles. The van der Waals surface area contributed by atoms with Crippen molar-refractivity contribution < 1.29 is 9.13 Å².